The fourth-order valence-corrected chi connectivity index (χ4v) is 4.16. The maximum atomic E-state index is 5.91. The number of hydrogen-bond acceptors (Lipinski definition) is 5. The number of nitrogens with two attached hydrogens (primary N) is 1. The van der Waals surface area contributed by atoms with Gasteiger partial charge in [-0.1, -0.05) is 6.07 Å². The number of fused-ring (bicyclic) bond motifs is 1. The number of nitrogens with one attached hydrogen (secondary N) is 1. The molecule has 6 nitrogen and oxygen atoms in total. The Bertz CT molecular complexity index is 938. The van der Waals surface area contributed by atoms with E-state index in [1.54, 1.807) is 0 Å². The van der Waals surface area contributed by atoms with Gasteiger partial charge in [-0.2, -0.15) is 0 Å². The molecule has 1 aliphatic rings. The van der Waals surface area contributed by atoms with Crippen LogP contribution in [0.15, 0.2) is 30.5 Å². The van der Waals surface area contributed by atoms with Crippen molar-refractivity contribution in [2.45, 2.75) is 26.3 Å². The van der Waals surface area contributed by atoms with Crippen LogP contribution < -0.4 is 5.73 Å². The molecule has 2 aromatic heterocycles. The summed E-state index contributed by atoms with van der Waals surface area (Å²) in [6.45, 7) is 9.20. The summed E-state index contributed by atoms with van der Waals surface area (Å²) in [5.74, 6) is 0.873. The third-order valence-electron chi connectivity index (χ3n) is 5.74. The minimum atomic E-state index is 0.285. The number of rotatable bonds is 5. The smallest absolute Gasteiger partial charge is 0.140 e. The van der Waals surface area contributed by atoms with Crippen LogP contribution in [0.5, 0.6) is 0 Å². The van der Waals surface area contributed by atoms with Crippen LogP contribution in [-0.2, 0) is 0 Å². The van der Waals surface area contributed by atoms with E-state index in [1.807, 2.05) is 6.20 Å². The van der Waals surface area contributed by atoms with Gasteiger partial charge in [0, 0.05) is 37.9 Å². The van der Waals surface area contributed by atoms with Crippen LogP contribution in [0.3, 0.4) is 0 Å². The van der Waals surface area contributed by atoms with E-state index in [0.717, 1.165) is 60.7 Å². The molecule has 0 amide bonds. The second-order valence-corrected chi connectivity index (χ2v) is 7.97. The Labute approximate surface area is 166 Å². The van der Waals surface area contributed by atoms with Gasteiger partial charge in [-0.15, -0.1) is 0 Å². The summed E-state index contributed by atoms with van der Waals surface area (Å²) in [7, 11) is 2.18. The summed E-state index contributed by atoms with van der Waals surface area (Å²) in [4.78, 5) is 17.9. The Morgan fingerprint density at radius 3 is 2.61 bits per heavy atom. The van der Waals surface area contributed by atoms with Crippen molar-refractivity contribution in [3.05, 3.63) is 47.3 Å². The number of pyridine rings is 1. The van der Waals surface area contributed by atoms with Gasteiger partial charge in [0.1, 0.15) is 5.82 Å². The number of aromatic nitrogens is 3. The highest BCUT2D eigenvalue weighted by molar-refractivity contribution is 5.82. The molecule has 4 rings (SSSR count). The van der Waals surface area contributed by atoms with E-state index in [-0.39, 0.29) is 6.04 Å². The molecule has 0 bridgehead atoms. The number of aromatic amines is 1. The van der Waals surface area contributed by atoms with Gasteiger partial charge in [-0.05, 0) is 63.2 Å². The van der Waals surface area contributed by atoms with Crippen molar-refractivity contribution in [2.75, 3.05) is 39.8 Å². The number of aryl methyl sites for hydroxylation is 2. The van der Waals surface area contributed by atoms with Crippen molar-refractivity contribution < 1.29 is 0 Å². The zero-order valence-electron chi connectivity index (χ0n) is 17.1. The average Bonchev–Trinajstić information content (AvgIpc) is 3.12. The largest absolute Gasteiger partial charge is 0.338 e. The molecule has 0 saturated carbocycles. The second-order valence-electron chi connectivity index (χ2n) is 7.97. The molecule has 0 aliphatic carbocycles. The summed E-state index contributed by atoms with van der Waals surface area (Å²) in [6, 6.07) is 8.86. The highest BCUT2D eigenvalue weighted by atomic mass is 15.3. The molecule has 1 saturated heterocycles. The number of H-pyrrole nitrogens is 1. The van der Waals surface area contributed by atoms with Crippen molar-refractivity contribution >= 4 is 11.0 Å². The number of benzene rings is 1. The summed E-state index contributed by atoms with van der Waals surface area (Å²) in [5.41, 5.74) is 12.6. The Kier molecular flexibility index (Phi) is 5.44. The molecule has 0 spiro atoms. The Morgan fingerprint density at radius 2 is 1.93 bits per heavy atom. The molecule has 3 aromatic rings. The minimum absolute atomic E-state index is 0.285. The van der Waals surface area contributed by atoms with E-state index in [4.69, 9.17) is 15.7 Å². The lowest BCUT2D eigenvalue weighted by molar-refractivity contribution is 0.106. The summed E-state index contributed by atoms with van der Waals surface area (Å²) in [5, 5.41) is 0. The van der Waals surface area contributed by atoms with Crippen LogP contribution >= 0.6 is 0 Å². The van der Waals surface area contributed by atoms with Gasteiger partial charge in [0.05, 0.1) is 22.8 Å². The average molecular weight is 379 g/mol. The van der Waals surface area contributed by atoms with Gasteiger partial charge in [0.15, 0.2) is 0 Å². The first kappa shape index (κ1) is 19.1. The molecule has 148 valence electrons. The van der Waals surface area contributed by atoms with Crippen LogP contribution in [0.25, 0.3) is 22.4 Å². The lowest BCUT2D eigenvalue weighted by Crippen LogP contribution is -2.46. The third kappa shape index (κ3) is 3.81. The topological polar surface area (TPSA) is 74.1 Å². The fourth-order valence-electron chi connectivity index (χ4n) is 4.16. The Balaban J connectivity index is 1.59. The number of hydrogen-bond donors (Lipinski definition) is 2. The monoisotopic (exact) mass is 378 g/mol. The van der Waals surface area contributed by atoms with Gasteiger partial charge >= 0.3 is 0 Å². The predicted octanol–water partition coefficient (Wildman–Crippen LogP) is 2.88. The molecule has 1 aliphatic heterocycles. The van der Waals surface area contributed by atoms with E-state index < -0.39 is 0 Å². The number of nitrogens with zero attached hydrogens (tertiary/aromatic N) is 4. The SMILES string of the molecule is Cc1cc(C)c2nc(-c3ccc(C(CCN)N4CCN(C)CC4)nc3)[nH]c2c1. The van der Waals surface area contributed by atoms with Crippen molar-refractivity contribution in [3.8, 4) is 11.4 Å². The molecule has 28 heavy (non-hydrogen) atoms. The molecule has 1 fully saturated rings. The second kappa shape index (κ2) is 7.99. The molecule has 6 heteroatoms. The maximum Gasteiger partial charge on any atom is 0.140 e. The van der Waals surface area contributed by atoms with E-state index in [2.05, 4.69) is 59.9 Å². The minimum Gasteiger partial charge on any atom is -0.338 e. The van der Waals surface area contributed by atoms with Crippen molar-refractivity contribution in [3.63, 3.8) is 0 Å². The van der Waals surface area contributed by atoms with Crippen LogP contribution in [0.4, 0.5) is 0 Å². The van der Waals surface area contributed by atoms with Gasteiger partial charge < -0.3 is 15.6 Å². The van der Waals surface area contributed by atoms with Gasteiger partial charge in [0.25, 0.3) is 0 Å². The van der Waals surface area contributed by atoms with Crippen LogP contribution in [0.2, 0.25) is 0 Å². The van der Waals surface area contributed by atoms with Crippen LogP contribution in [-0.4, -0.2) is 64.5 Å². The Hall–Kier alpha value is -2.28. The van der Waals surface area contributed by atoms with Gasteiger partial charge in [-0.25, -0.2) is 4.98 Å². The number of imidazole rings is 1. The fraction of sp³-hybridized carbons (Fsp3) is 0.455. The summed E-state index contributed by atoms with van der Waals surface area (Å²) in [6.07, 6.45) is 2.87. The van der Waals surface area contributed by atoms with Crippen molar-refractivity contribution in [1.82, 2.24) is 24.8 Å². The zero-order valence-corrected chi connectivity index (χ0v) is 17.1. The van der Waals surface area contributed by atoms with E-state index >= 15 is 0 Å². The molecule has 1 aromatic carbocycles. The van der Waals surface area contributed by atoms with E-state index in [1.165, 1.54) is 11.1 Å². The number of piperazine rings is 1. The molecule has 1 unspecified atom stereocenters. The van der Waals surface area contributed by atoms with E-state index in [0.29, 0.717) is 6.54 Å². The molecular weight excluding hydrogens is 348 g/mol. The molecule has 3 N–H and O–H groups in total. The van der Waals surface area contributed by atoms with Crippen LogP contribution in [0.1, 0.15) is 29.3 Å². The van der Waals surface area contributed by atoms with Gasteiger partial charge in [-0.3, -0.25) is 9.88 Å². The standard InChI is InChI=1S/C22H30N6/c1-15-12-16(2)21-19(13-15)25-22(26-21)17-4-5-18(24-14-17)20(6-7-23)28-10-8-27(3)9-11-28/h4-5,12-14,20H,6-11,23H2,1-3H3,(H,25,26). The summed E-state index contributed by atoms with van der Waals surface area (Å²) >= 11 is 0. The van der Waals surface area contributed by atoms with Gasteiger partial charge in [0.2, 0.25) is 0 Å². The molecule has 3 heterocycles. The highest BCUT2D eigenvalue weighted by Crippen LogP contribution is 2.27. The third-order valence-corrected chi connectivity index (χ3v) is 5.74. The Morgan fingerprint density at radius 1 is 1.14 bits per heavy atom. The predicted molar refractivity (Wildman–Crippen MR) is 114 cm³/mol. The highest BCUT2D eigenvalue weighted by Gasteiger charge is 2.24. The molecule has 1 atom stereocenters. The van der Waals surface area contributed by atoms with E-state index in [9.17, 15) is 0 Å². The quantitative estimate of drug-likeness (QED) is 0.714. The number of likely N-dealkylation sites (N-methyl/N-ethyl adjacent to an activating group) is 1. The first-order chi connectivity index (χ1) is 13.5. The van der Waals surface area contributed by atoms with Crippen LogP contribution in [0, 0.1) is 13.8 Å². The summed E-state index contributed by atoms with van der Waals surface area (Å²) < 4.78 is 0. The lowest BCUT2D eigenvalue weighted by Gasteiger charge is -2.37. The lowest BCUT2D eigenvalue weighted by atomic mass is 10.1. The zero-order chi connectivity index (χ0) is 19.7. The van der Waals surface area contributed by atoms with Crippen molar-refractivity contribution in [1.29, 1.82) is 0 Å². The normalized spacial score (nSPS) is 17.3. The first-order valence-electron chi connectivity index (χ1n) is 10.1. The molecular formula is C22H30N6. The first-order valence-corrected chi connectivity index (χ1v) is 10.1. The molecule has 0 radical (unpaired) electrons. The maximum absolute atomic E-state index is 5.91. The van der Waals surface area contributed by atoms with Crippen molar-refractivity contribution in [2.24, 2.45) is 5.73 Å².